The van der Waals surface area contributed by atoms with Crippen molar-refractivity contribution < 1.29 is 9.21 Å². The lowest BCUT2D eigenvalue weighted by Crippen LogP contribution is -2.27. The molecule has 1 amide bonds. The summed E-state index contributed by atoms with van der Waals surface area (Å²) in [5.41, 5.74) is 2.20. The number of aryl methyl sites for hydroxylation is 1. The first-order chi connectivity index (χ1) is 11.6. The maximum absolute atomic E-state index is 12.0. The third kappa shape index (κ3) is 4.21. The highest BCUT2D eigenvalue weighted by molar-refractivity contribution is 7.13. The van der Waals surface area contributed by atoms with Crippen LogP contribution in [0, 0.1) is 6.92 Å². The van der Waals surface area contributed by atoms with Crippen LogP contribution in [0.3, 0.4) is 0 Å². The number of benzene rings is 1. The Hall–Kier alpha value is -2.18. The number of carbonyl (C=O) groups excluding carboxylic acids is 1. The summed E-state index contributed by atoms with van der Waals surface area (Å²) in [7, 11) is 0. The molecule has 3 aromatic rings. The Morgan fingerprint density at radius 1 is 1.25 bits per heavy atom. The van der Waals surface area contributed by atoms with E-state index in [4.69, 9.17) is 16.0 Å². The molecule has 5 nitrogen and oxygen atoms in total. The molecule has 0 aliphatic carbocycles. The molecule has 0 saturated carbocycles. The smallest absolute Gasteiger partial charge is 0.258 e. The summed E-state index contributed by atoms with van der Waals surface area (Å²) in [5, 5.41) is 13.5. The molecule has 1 N–H and O–H groups in total. The maximum Gasteiger partial charge on any atom is 0.258 e. The van der Waals surface area contributed by atoms with Crippen LogP contribution >= 0.6 is 22.9 Å². The van der Waals surface area contributed by atoms with Crippen molar-refractivity contribution in [2.75, 3.05) is 6.54 Å². The van der Waals surface area contributed by atoms with E-state index < -0.39 is 0 Å². The number of rotatable bonds is 6. The van der Waals surface area contributed by atoms with E-state index >= 15 is 0 Å². The number of hydrogen-bond acceptors (Lipinski definition) is 5. The molecule has 3 rings (SSSR count). The van der Waals surface area contributed by atoms with Gasteiger partial charge in [0.1, 0.15) is 6.42 Å². The highest BCUT2D eigenvalue weighted by atomic mass is 35.5. The van der Waals surface area contributed by atoms with Gasteiger partial charge in [-0.05, 0) is 48.1 Å². The van der Waals surface area contributed by atoms with E-state index in [-0.39, 0.29) is 12.3 Å². The average molecular weight is 362 g/mol. The Labute approximate surface area is 148 Å². The molecule has 24 heavy (non-hydrogen) atoms. The van der Waals surface area contributed by atoms with Gasteiger partial charge in [-0.15, -0.1) is 21.5 Å². The third-order valence-electron chi connectivity index (χ3n) is 3.48. The van der Waals surface area contributed by atoms with Crippen molar-refractivity contribution in [3.8, 4) is 10.8 Å². The van der Waals surface area contributed by atoms with Crippen LogP contribution in [0.4, 0.5) is 0 Å². The molecular weight excluding hydrogens is 346 g/mol. The summed E-state index contributed by atoms with van der Waals surface area (Å²) in [5.74, 6) is 0.648. The van der Waals surface area contributed by atoms with Crippen LogP contribution in [0.2, 0.25) is 5.02 Å². The number of nitrogens with one attached hydrogen (secondary N) is 1. The molecule has 1 aromatic carbocycles. The SMILES string of the molecule is Cc1ccsc1-c1nnc(CC(=O)NCCc2ccc(Cl)cc2)o1. The molecule has 0 bridgehead atoms. The summed E-state index contributed by atoms with van der Waals surface area (Å²) in [6, 6.07) is 9.56. The maximum atomic E-state index is 12.0. The Kier molecular flexibility index (Phi) is 5.27. The second kappa shape index (κ2) is 7.59. The Morgan fingerprint density at radius 2 is 2.04 bits per heavy atom. The zero-order valence-electron chi connectivity index (χ0n) is 13.1. The van der Waals surface area contributed by atoms with Crippen LogP contribution in [-0.2, 0) is 17.6 Å². The topological polar surface area (TPSA) is 68.0 Å². The van der Waals surface area contributed by atoms with Crippen LogP contribution < -0.4 is 5.32 Å². The first-order valence-corrected chi connectivity index (χ1v) is 8.75. The second-order valence-electron chi connectivity index (χ2n) is 5.34. The first-order valence-electron chi connectivity index (χ1n) is 7.50. The second-order valence-corrected chi connectivity index (χ2v) is 6.69. The lowest BCUT2D eigenvalue weighted by Gasteiger charge is -2.04. The minimum atomic E-state index is -0.137. The van der Waals surface area contributed by atoms with Gasteiger partial charge in [0.25, 0.3) is 5.89 Å². The molecule has 0 radical (unpaired) electrons. The lowest BCUT2D eigenvalue weighted by atomic mass is 10.1. The van der Waals surface area contributed by atoms with E-state index in [0.29, 0.717) is 23.3 Å². The van der Waals surface area contributed by atoms with E-state index in [1.54, 1.807) is 11.3 Å². The van der Waals surface area contributed by atoms with E-state index in [2.05, 4.69) is 15.5 Å². The molecule has 0 unspecified atom stereocenters. The monoisotopic (exact) mass is 361 g/mol. The summed E-state index contributed by atoms with van der Waals surface area (Å²) >= 11 is 7.38. The van der Waals surface area contributed by atoms with Crippen LogP contribution in [0.25, 0.3) is 10.8 Å². The summed E-state index contributed by atoms with van der Waals surface area (Å²) in [4.78, 5) is 12.9. The summed E-state index contributed by atoms with van der Waals surface area (Å²) < 4.78 is 5.57. The lowest BCUT2D eigenvalue weighted by molar-refractivity contribution is -0.120. The van der Waals surface area contributed by atoms with Gasteiger partial charge in [0.05, 0.1) is 4.88 Å². The quantitative estimate of drug-likeness (QED) is 0.727. The minimum absolute atomic E-state index is 0.0814. The first kappa shape index (κ1) is 16.7. The van der Waals surface area contributed by atoms with Crippen LogP contribution in [-0.4, -0.2) is 22.6 Å². The van der Waals surface area contributed by atoms with Gasteiger partial charge in [0.15, 0.2) is 0 Å². The van der Waals surface area contributed by atoms with Crippen molar-refractivity contribution >= 4 is 28.8 Å². The molecule has 0 aliphatic heterocycles. The largest absolute Gasteiger partial charge is 0.419 e. The molecule has 124 valence electrons. The fraction of sp³-hybridized carbons (Fsp3) is 0.235. The van der Waals surface area contributed by atoms with Gasteiger partial charge in [0, 0.05) is 11.6 Å². The van der Waals surface area contributed by atoms with Crippen molar-refractivity contribution in [3.63, 3.8) is 0 Å². The van der Waals surface area contributed by atoms with E-state index in [9.17, 15) is 4.79 Å². The normalized spacial score (nSPS) is 10.8. The average Bonchev–Trinajstić information content (AvgIpc) is 3.18. The van der Waals surface area contributed by atoms with Gasteiger partial charge in [0.2, 0.25) is 11.8 Å². The molecule has 0 aliphatic rings. The predicted octanol–water partition coefficient (Wildman–Crippen LogP) is 3.66. The summed E-state index contributed by atoms with van der Waals surface area (Å²) in [6.07, 6.45) is 0.824. The zero-order valence-corrected chi connectivity index (χ0v) is 14.7. The van der Waals surface area contributed by atoms with Gasteiger partial charge in [-0.25, -0.2) is 0 Å². The van der Waals surface area contributed by atoms with Crippen molar-refractivity contribution in [3.05, 3.63) is 57.8 Å². The summed E-state index contributed by atoms with van der Waals surface area (Å²) in [6.45, 7) is 2.53. The Morgan fingerprint density at radius 3 is 2.75 bits per heavy atom. The van der Waals surface area contributed by atoms with Gasteiger partial charge in [-0.1, -0.05) is 23.7 Å². The Bertz CT molecular complexity index is 826. The molecular formula is C17H16ClN3O2S. The molecule has 0 fully saturated rings. The predicted molar refractivity (Wildman–Crippen MR) is 94.2 cm³/mol. The van der Waals surface area contributed by atoms with Gasteiger partial charge in [-0.3, -0.25) is 4.79 Å². The minimum Gasteiger partial charge on any atom is -0.419 e. The standard InChI is InChI=1S/C17H16ClN3O2S/c1-11-7-9-24-16(11)17-21-20-15(23-17)10-14(22)19-8-6-12-2-4-13(18)5-3-12/h2-5,7,9H,6,8,10H2,1H3,(H,19,22). The number of aromatic nitrogens is 2. The molecule has 2 aromatic heterocycles. The van der Waals surface area contributed by atoms with Crippen molar-refractivity contribution in [1.82, 2.24) is 15.5 Å². The van der Waals surface area contributed by atoms with Crippen molar-refractivity contribution in [2.45, 2.75) is 19.8 Å². The number of halogens is 1. The zero-order chi connectivity index (χ0) is 16.9. The molecule has 7 heteroatoms. The van der Waals surface area contributed by atoms with E-state index in [1.807, 2.05) is 42.6 Å². The number of thiophene rings is 1. The molecule has 0 atom stereocenters. The number of carbonyl (C=O) groups is 1. The van der Waals surface area contributed by atoms with Crippen molar-refractivity contribution in [2.24, 2.45) is 0 Å². The molecule has 0 spiro atoms. The molecule has 0 saturated heterocycles. The van der Waals surface area contributed by atoms with Crippen LogP contribution in [0.5, 0.6) is 0 Å². The van der Waals surface area contributed by atoms with E-state index in [0.717, 1.165) is 22.4 Å². The van der Waals surface area contributed by atoms with Gasteiger partial charge in [-0.2, -0.15) is 0 Å². The fourth-order valence-corrected chi connectivity index (χ4v) is 3.18. The third-order valence-corrected chi connectivity index (χ3v) is 4.74. The van der Waals surface area contributed by atoms with Crippen LogP contribution in [0.15, 0.2) is 40.1 Å². The van der Waals surface area contributed by atoms with Crippen molar-refractivity contribution in [1.29, 1.82) is 0 Å². The number of nitrogens with zero attached hydrogens (tertiary/aromatic N) is 2. The number of amides is 1. The van der Waals surface area contributed by atoms with Gasteiger partial charge < -0.3 is 9.73 Å². The number of hydrogen-bond donors (Lipinski definition) is 1. The highest BCUT2D eigenvalue weighted by Crippen LogP contribution is 2.27. The highest BCUT2D eigenvalue weighted by Gasteiger charge is 2.14. The Balaban J connectivity index is 1.49. The molecule has 2 heterocycles. The van der Waals surface area contributed by atoms with Gasteiger partial charge >= 0.3 is 0 Å². The van der Waals surface area contributed by atoms with E-state index in [1.165, 1.54) is 0 Å². The van der Waals surface area contributed by atoms with Crippen LogP contribution in [0.1, 0.15) is 17.0 Å². The fourth-order valence-electron chi connectivity index (χ4n) is 2.21.